The minimum absolute atomic E-state index is 0.336. The molecule has 0 radical (unpaired) electrons. The second-order valence-electron chi connectivity index (χ2n) is 5.71. The zero-order chi connectivity index (χ0) is 16.2. The number of piperazine rings is 1. The number of hydrogen-bond acceptors (Lipinski definition) is 5. The molecule has 1 amide bonds. The van der Waals surface area contributed by atoms with E-state index >= 15 is 0 Å². The van der Waals surface area contributed by atoms with E-state index in [9.17, 15) is 4.79 Å². The van der Waals surface area contributed by atoms with Crippen LogP contribution in [0, 0.1) is 13.8 Å². The summed E-state index contributed by atoms with van der Waals surface area (Å²) in [6, 6.07) is 7.64. The third-order valence-corrected chi connectivity index (χ3v) is 3.83. The SMILES string of the molecule is Cc1ccc(OC(=O)N2CCN(c3ccc(C)cn3)CC2)nc1. The first-order valence-electron chi connectivity index (χ1n) is 7.69. The average Bonchev–Trinajstić information content (AvgIpc) is 2.58. The van der Waals surface area contributed by atoms with Crippen LogP contribution in [0.25, 0.3) is 0 Å². The Morgan fingerprint density at radius 3 is 2.17 bits per heavy atom. The van der Waals surface area contributed by atoms with E-state index in [1.165, 1.54) is 0 Å². The van der Waals surface area contributed by atoms with Crippen molar-refractivity contribution in [2.75, 3.05) is 31.1 Å². The van der Waals surface area contributed by atoms with Crippen molar-refractivity contribution >= 4 is 11.9 Å². The van der Waals surface area contributed by atoms with Crippen molar-refractivity contribution in [2.24, 2.45) is 0 Å². The van der Waals surface area contributed by atoms with Gasteiger partial charge >= 0.3 is 6.09 Å². The summed E-state index contributed by atoms with van der Waals surface area (Å²) in [7, 11) is 0. The lowest BCUT2D eigenvalue weighted by Gasteiger charge is -2.34. The maximum absolute atomic E-state index is 12.2. The van der Waals surface area contributed by atoms with E-state index in [1.807, 2.05) is 38.2 Å². The molecule has 0 atom stereocenters. The van der Waals surface area contributed by atoms with Gasteiger partial charge in [0.2, 0.25) is 5.88 Å². The molecule has 6 heteroatoms. The van der Waals surface area contributed by atoms with Crippen molar-refractivity contribution in [3.63, 3.8) is 0 Å². The van der Waals surface area contributed by atoms with Gasteiger partial charge in [0.25, 0.3) is 0 Å². The molecule has 1 aliphatic rings. The minimum atomic E-state index is -0.349. The first-order valence-corrected chi connectivity index (χ1v) is 7.69. The lowest BCUT2D eigenvalue weighted by molar-refractivity contribution is 0.147. The highest BCUT2D eigenvalue weighted by Gasteiger charge is 2.23. The third kappa shape index (κ3) is 3.77. The first-order chi connectivity index (χ1) is 11.1. The molecule has 1 aliphatic heterocycles. The molecule has 120 valence electrons. The van der Waals surface area contributed by atoms with E-state index in [0.29, 0.717) is 19.0 Å². The maximum atomic E-state index is 12.2. The Labute approximate surface area is 135 Å². The number of carbonyl (C=O) groups is 1. The van der Waals surface area contributed by atoms with Crippen LogP contribution < -0.4 is 9.64 Å². The Balaban J connectivity index is 1.54. The van der Waals surface area contributed by atoms with Crippen LogP contribution in [-0.2, 0) is 0 Å². The fourth-order valence-electron chi connectivity index (χ4n) is 2.43. The zero-order valence-electron chi connectivity index (χ0n) is 13.4. The molecule has 2 aromatic rings. The second kappa shape index (κ2) is 6.64. The molecule has 0 aromatic carbocycles. The van der Waals surface area contributed by atoms with Crippen molar-refractivity contribution in [3.8, 4) is 5.88 Å². The molecule has 0 saturated carbocycles. The summed E-state index contributed by atoms with van der Waals surface area (Å²) in [5, 5.41) is 0. The van der Waals surface area contributed by atoms with Crippen molar-refractivity contribution in [1.82, 2.24) is 14.9 Å². The molecule has 23 heavy (non-hydrogen) atoms. The van der Waals surface area contributed by atoms with E-state index in [4.69, 9.17) is 4.74 Å². The number of amides is 1. The van der Waals surface area contributed by atoms with Crippen molar-refractivity contribution in [3.05, 3.63) is 47.8 Å². The van der Waals surface area contributed by atoms with Gasteiger partial charge in [-0.05, 0) is 31.0 Å². The molecular weight excluding hydrogens is 292 g/mol. The fraction of sp³-hybridized carbons (Fsp3) is 0.353. The zero-order valence-corrected chi connectivity index (χ0v) is 13.4. The van der Waals surface area contributed by atoms with Gasteiger partial charge in [0.05, 0.1) is 0 Å². The molecule has 0 unspecified atom stereocenters. The van der Waals surface area contributed by atoms with Crippen LogP contribution in [0.4, 0.5) is 10.6 Å². The number of carbonyl (C=O) groups excluding carboxylic acids is 1. The summed E-state index contributed by atoms with van der Waals surface area (Å²) >= 11 is 0. The van der Waals surface area contributed by atoms with Crippen molar-refractivity contribution < 1.29 is 9.53 Å². The summed E-state index contributed by atoms with van der Waals surface area (Å²) in [5.41, 5.74) is 2.17. The normalized spacial score (nSPS) is 14.7. The van der Waals surface area contributed by atoms with Crippen LogP contribution in [0.15, 0.2) is 36.7 Å². The van der Waals surface area contributed by atoms with Gasteiger partial charge in [-0.3, -0.25) is 0 Å². The Morgan fingerprint density at radius 1 is 0.957 bits per heavy atom. The predicted octanol–water partition coefficient (Wildman–Crippen LogP) is 2.41. The first kappa shape index (κ1) is 15.3. The minimum Gasteiger partial charge on any atom is -0.391 e. The number of ether oxygens (including phenoxy) is 1. The summed E-state index contributed by atoms with van der Waals surface area (Å²) < 4.78 is 5.31. The Morgan fingerprint density at radius 2 is 1.61 bits per heavy atom. The number of aryl methyl sites for hydroxylation is 2. The number of nitrogens with zero attached hydrogens (tertiary/aromatic N) is 4. The molecule has 3 rings (SSSR count). The summed E-state index contributed by atoms with van der Waals surface area (Å²) in [6.07, 6.45) is 3.20. The number of rotatable bonds is 2. The lowest BCUT2D eigenvalue weighted by Crippen LogP contribution is -2.49. The highest BCUT2D eigenvalue weighted by Crippen LogP contribution is 2.15. The summed E-state index contributed by atoms with van der Waals surface area (Å²) in [6.45, 7) is 6.67. The van der Waals surface area contributed by atoms with Gasteiger partial charge in [0.15, 0.2) is 0 Å². The van der Waals surface area contributed by atoms with Crippen LogP contribution >= 0.6 is 0 Å². The van der Waals surface area contributed by atoms with Gasteiger partial charge in [-0.25, -0.2) is 14.8 Å². The number of pyridine rings is 2. The molecular formula is C17H20N4O2. The van der Waals surface area contributed by atoms with Crippen molar-refractivity contribution in [2.45, 2.75) is 13.8 Å². The van der Waals surface area contributed by atoms with Gasteiger partial charge in [-0.1, -0.05) is 12.1 Å². The lowest BCUT2D eigenvalue weighted by atomic mass is 10.3. The monoisotopic (exact) mass is 312 g/mol. The van der Waals surface area contributed by atoms with E-state index in [1.54, 1.807) is 17.2 Å². The van der Waals surface area contributed by atoms with Crippen LogP contribution in [0.1, 0.15) is 11.1 Å². The smallest absolute Gasteiger partial charge is 0.391 e. The van der Waals surface area contributed by atoms with Gasteiger partial charge in [0, 0.05) is 44.6 Å². The predicted molar refractivity (Wildman–Crippen MR) is 87.8 cm³/mol. The molecule has 1 saturated heterocycles. The summed E-state index contributed by atoms with van der Waals surface area (Å²) in [5.74, 6) is 1.28. The highest BCUT2D eigenvalue weighted by molar-refractivity contribution is 5.70. The molecule has 0 spiro atoms. The van der Waals surface area contributed by atoms with E-state index < -0.39 is 0 Å². The molecule has 0 bridgehead atoms. The van der Waals surface area contributed by atoms with Gasteiger partial charge in [0.1, 0.15) is 5.82 Å². The van der Waals surface area contributed by atoms with Crippen LogP contribution in [0.2, 0.25) is 0 Å². The average molecular weight is 312 g/mol. The molecule has 3 heterocycles. The number of anilines is 1. The summed E-state index contributed by atoms with van der Waals surface area (Å²) in [4.78, 5) is 24.6. The second-order valence-corrected chi connectivity index (χ2v) is 5.71. The topological polar surface area (TPSA) is 58.6 Å². The number of hydrogen-bond donors (Lipinski definition) is 0. The van der Waals surface area contributed by atoms with Crippen molar-refractivity contribution in [1.29, 1.82) is 0 Å². The standard InChI is InChI=1S/C17H20N4O2/c1-13-3-5-15(18-11-13)20-7-9-21(10-8-20)17(22)23-16-6-4-14(2)12-19-16/h3-6,11-12H,7-10H2,1-2H3. The Bertz CT molecular complexity index is 662. The van der Waals surface area contributed by atoms with E-state index in [-0.39, 0.29) is 6.09 Å². The highest BCUT2D eigenvalue weighted by atomic mass is 16.6. The molecule has 2 aromatic heterocycles. The largest absolute Gasteiger partial charge is 0.416 e. The van der Waals surface area contributed by atoms with E-state index in [0.717, 1.165) is 30.0 Å². The van der Waals surface area contributed by atoms with Crippen LogP contribution in [0.3, 0.4) is 0 Å². The Hall–Kier alpha value is -2.63. The fourth-order valence-corrected chi connectivity index (χ4v) is 2.43. The van der Waals surface area contributed by atoms with Gasteiger partial charge < -0.3 is 14.5 Å². The third-order valence-electron chi connectivity index (χ3n) is 3.83. The molecule has 0 aliphatic carbocycles. The maximum Gasteiger partial charge on any atom is 0.416 e. The Kier molecular flexibility index (Phi) is 4.41. The quantitative estimate of drug-likeness (QED) is 0.852. The molecule has 1 fully saturated rings. The van der Waals surface area contributed by atoms with Crippen LogP contribution in [-0.4, -0.2) is 47.1 Å². The van der Waals surface area contributed by atoms with Gasteiger partial charge in [-0.15, -0.1) is 0 Å². The number of aromatic nitrogens is 2. The molecule has 0 N–H and O–H groups in total. The van der Waals surface area contributed by atoms with Gasteiger partial charge in [-0.2, -0.15) is 0 Å². The molecule has 6 nitrogen and oxygen atoms in total. The van der Waals surface area contributed by atoms with Crippen LogP contribution in [0.5, 0.6) is 5.88 Å². The van der Waals surface area contributed by atoms with E-state index in [2.05, 4.69) is 14.9 Å².